The summed E-state index contributed by atoms with van der Waals surface area (Å²) in [6.07, 6.45) is 1.77. The van der Waals surface area contributed by atoms with E-state index in [0.29, 0.717) is 29.0 Å². The zero-order valence-corrected chi connectivity index (χ0v) is 18.7. The van der Waals surface area contributed by atoms with Gasteiger partial charge in [0, 0.05) is 6.54 Å². The van der Waals surface area contributed by atoms with Gasteiger partial charge in [0.05, 0.1) is 18.6 Å². The summed E-state index contributed by atoms with van der Waals surface area (Å²) in [5, 5.41) is 12.0. The van der Waals surface area contributed by atoms with Gasteiger partial charge < -0.3 is 14.8 Å². The third kappa shape index (κ3) is 5.88. The van der Waals surface area contributed by atoms with Crippen molar-refractivity contribution in [3.63, 3.8) is 0 Å². The Morgan fingerprint density at radius 3 is 2.74 bits per heavy atom. The number of ether oxygens (including phenoxy) is 2. The van der Waals surface area contributed by atoms with E-state index in [9.17, 15) is 4.79 Å². The number of carbonyl (C=O) groups excluding carboxylic acids is 1. The number of para-hydroxylation sites is 2. The number of amides is 1. The highest BCUT2D eigenvalue weighted by molar-refractivity contribution is 7.99. The lowest BCUT2D eigenvalue weighted by Crippen LogP contribution is -2.15. The number of anilines is 1. The van der Waals surface area contributed by atoms with Gasteiger partial charge in [0.2, 0.25) is 5.91 Å². The molecule has 0 spiro atoms. The zero-order valence-electron chi connectivity index (χ0n) is 17.9. The summed E-state index contributed by atoms with van der Waals surface area (Å²) in [5.74, 6) is 2.12. The average molecular weight is 439 g/mol. The number of aryl methyl sites for hydroxylation is 2. The Labute approximate surface area is 186 Å². The number of hydrogen-bond acceptors (Lipinski definition) is 6. The second kappa shape index (κ2) is 10.7. The van der Waals surface area contributed by atoms with Crippen LogP contribution in [-0.2, 0) is 17.9 Å². The highest BCUT2D eigenvalue weighted by Gasteiger charge is 2.15. The maximum absolute atomic E-state index is 12.4. The van der Waals surface area contributed by atoms with Crippen molar-refractivity contribution >= 4 is 23.4 Å². The first-order valence-electron chi connectivity index (χ1n) is 9.80. The molecule has 8 heteroatoms. The monoisotopic (exact) mass is 438 g/mol. The van der Waals surface area contributed by atoms with E-state index in [-0.39, 0.29) is 18.3 Å². The van der Waals surface area contributed by atoms with Gasteiger partial charge in [-0.15, -0.1) is 16.8 Å². The third-order valence-electron chi connectivity index (χ3n) is 4.51. The Bertz CT molecular complexity index is 1060. The molecule has 0 fully saturated rings. The topological polar surface area (TPSA) is 78.3 Å². The van der Waals surface area contributed by atoms with Gasteiger partial charge in [-0.25, -0.2) is 0 Å². The number of thioether (sulfide) groups is 1. The predicted octanol–water partition coefficient (Wildman–Crippen LogP) is 4.40. The zero-order chi connectivity index (χ0) is 22.2. The number of methoxy groups -OCH3 is 1. The lowest BCUT2D eigenvalue weighted by molar-refractivity contribution is -0.113. The van der Waals surface area contributed by atoms with E-state index < -0.39 is 0 Å². The molecule has 0 aliphatic heterocycles. The molecular weight excluding hydrogens is 412 g/mol. The number of nitrogens with zero attached hydrogens (tertiary/aromatic N) is 3. The molecule has 1 aromatic heterocycles. The van der Waals surface area contributed by atoms with Crippen LogP contribution < -0.4 is 14.8 Å². The van der Waals surface area contributed by atoms with Gasteiger partial charge in [0.15, 0.2) is 11.0 Å². The molecular formula is C23H26N4O3S. The van der Waals surface area contributed by atoms with Crippen LogP contribution in [0, 0.1) is 13.8 Å². The van der Waals surface area contributed by atoms with E-state index in [1.54, 1.807) is 25.3 Å². The molecule has 0 saturated carbocycles. The molecule has 3 rings (SSSR count). The number of nitrogens with one attached hydrogen (secondary N) is 1. The van der Waals surface area contributed by atoms with E-state index in [2.05, 4.69) is 28.2 Å². The molecule has 1 N–H and O–H groups in total. The Morgan fingerprint density at radius 1 is 1.19 bits per heavy atom. The van der Waals surface area contributed by atoms with Crippen molar-refractivity contribution in [2.75, 3.05) is 18.2 Å². The minimum Gasteiger partial charge on any atom is -0.495 e. The van der Waals surface area contributed by atoms with Crippen LogP contribution in [0.1, 0.15) is 17.0 Å². The van der Waals surface area contributed by atoms with Gasteiger partial charge in [-0.1, -0.05) is 47.7 Å². The van der Waals surface area contributed by atoms with Gasteiger partial charge in [-0.3, -0.25) is 9.36 Å². The normalized spacial score (nSPS) is 10.5. The molecule has 0 atom stereocenters. The first-order chi connectivity index (χ1) is 15.0. The fraction of sp³-hybridized carbons (Fsp3) is 0.261. The van der Waals surface area contributed by atoms with Gasteiger partial charge in [-0.05, 0) is 37.6 Å². The molecule has 0 bridgehead atoms. The number of hydrogen-bond donors (Lipinski definition) is 1. The lowest BCUT2D eigenvalue weighted by atomic mass is 10.1. The molecule has 0 aliphatic carbocycles. The second-order valence-corrected chi connectivity index (χ2v) is 7.84. The first-order valence-corrected chi connectivity index (χ1v) is 10.8. The minimum absolute atomic E-state index is 0.157. The van der Waals surface area contributed by atoms with E-state index in [1.807, 2.05) is 42.7 Å². The highest BCUT2D eigenvalue weighted by atomic mass is 32.2. The summed E-state index contributed by atoms with van der Waals surface area (Å²) >= 11 is 1.31. The fourth-order valence-corrected chi connectivity index (χ4v) is 3.78. The van der Waals surface area contributed by atoms with Crippen molar-refractivity contribution in [1.82, 2.24) is 14.8 Å². The van der Waals surface area contributed by atoms with Gasteiger partial charge >= 0.3 is 0 Å². The molecule has 31 heavy (non-hydrogen) atoms. The van der Waals surface area contributed by atoms with Crippen molar-refractivity contribution in [2.24, 2.45) is 0 Å². The maximum atomic E-state index is 12.4. The summed E-state index contributed by atoms with van der Waals surface area (Å²) in [5.41, 5.74) is 2.88. The number of allylic oxidation sites excluding steroid dienone is 1. The summed E-state index contributed by atoms with van der Waals surface area (Å²) in [7, 11) is 1.57. The summed E-state index contributed by atoms with van der Waals surface area (Å²) in [6.45, 7) is 8.67. The van der Waals surface area contributed by atoms with Crippen molar-refractivity contribution in [1.29, 1.82) is 0 Å². The molecule has 0 unspecified atom stereocenters. The van der Waals surface area contributed by atoms with Crippen molar-refractivity contribution in [3.8, 4) is 11.5 Å². The minimum atomic E-state index is -0.157. The molecule has 3 aromatic rings. The van der Waals surface area contributed by atoms with Crippen LogP contribution in [0.15, 0.2) is 60.3 Å². The van der Waals surface area contributed by atoms with Crippen LogP contribution in [0.2, 0.25) is 0 Å². The largest absolute Gasteiger partial charge is 0.495 e. The SMILES string of the molecule is C=CCn1c(COc2ccc(C)cc2C)nnc1SCC(=O)Nc1ccccc1OC. The quantitative estimate of drug-likeness (QED) is 0.373. The van der Waals surface area contributed by atoms with E-state index in [1.165, 1.54) is 17.3 Å². The van der Waals surface area contributed by atoms with Crippen LogP contribution >= 0.6 is 11.8 Å². The molecule has 1 heterocycles. The first kappa shape index (κ1) is 22.4. The molecule has 0 saturated heterocycles. The summed E-state index contributed by atoms with van der Waals surface area (Å²) < 4.78 is 13.1. The van der Waals surface area contributed by atoms with E-state index >= 15 is 0 Å². The number of benzene rings is 2. The van der Waals surface area contributed by atoms with E-state index in [0.717, 1.165) is 11.3 Å². The fourth-order valence-electron chi connectivity index (χ4n) is 3.01. The molecule has 0 radical (unpaired) electrons. The van der Waals surface area contributed by atoms with Gasteiger partial charge in [0.25, 0.3) is 0 Å². The van der Waals surface area contributed by atoms with Crippen LogP contribution in [-0.4, -0.2) is 33.5 Å². The molecule has 2 aromatic carbocycles. The Balaban J connectivity index is 1.64. The van der Waals surface area contributed by atoms with E-state index in [4.69, 9.17) is 9.47 Å². The van der Waals surface area contributed by atoms with Gasteiger partial charge in [0.1, 0.15) is 18.1 Å². The Kier molecular flexibility index (Phi) is 7.72. The molecule has 162 valence electrons. The van der Waals surface area contributed by atoms with Crippen LogP contribution in [0.25, 0.3) is 0 Å². The van der Waals surface area contributed by atoms with Crippen molar-refractivity contribution in [3.05, 3.63) is 72.1 Å². The summed E-state index contributed by atoms with van der Waals surface area (Å²) in [4.78, 5) is 12.4. The standard InChI is InChI=1S/C23H26N4O3S/c1-5-12-27-21(14-30-19-11-10-16(2)13-17(19)3)25-26-23(27)31-15-22(28)24-18-8-6-7-9-20(18)29-4/h5-11,13H,1,12,14-15H2,2-4H3,(H,24,28). The number of carbonyl (C=O) groups is 1. The number of aromatic nitrogens is 3. The lowest BCUT2D eigenvalue weighted by Gasteiger charge is -2.11. The van der Waals surface area contributed by atoms with Crippen LogP contribution in [0.4, 0.5) is 5.69 Å². The van der Waals surface area contributed by atoms with Crippen molar-refractivity contribution < 1.29 is 14.3 Å². The smallest absolute Gasteiger partial charge is 0.234 e. The number of rotatable bonds is 10. The maximum Gasteiger partial charge on any atom is 0.234 e. The molecule has 7 nitrogen and oxygen atoms in total. The van der Waals surface area contributed by atoms with Crippen molar-refractivity contribution in [2.45, 2.75) is 32.2 Å². The predicted molar refractivity (Wildman–Crippen MR) is 123 cm³/mol. The van der Waals surface area contributed by atoms with Gasteiger partial charge in [-0.2, -0.15) is 0 Å². The Hall–Kier alpha value is -3.26. The second-order valence-electron chi connectivity index (χ2n) is 6.89. The molecule has 0 aliphatic rings. The third-order valence-corrected chi connectivity index (χ3v) is 5.47. The molecule has 1 amide bonds. The highest BCUT2D eigenvalue weighted by Crippen LogP contribution is 2.25. The van der Waals surface area contributed by atoms with Crippen LogP contribution in [0.3, 0.4) is 0 Å². The van der Waals surface area contributed by atoms with Crippen LogP contribution in [0.5, 0.6) is 11.5 Å². The average Bonchev–Trinajstić information content (AvgIpc) is 3.14. The summed E-state index contributed by atoms with van der Waals surface area (Å²) in [6, 6.07) is 13.3. The Morgan fingerprint density at radius 2 is 2.00 bits per heavy atom.